The van der Waals surface area contributed by atoms with E-state index in [9.17, 15) is 13.6 Å². The van der Waals surface area contributed by atoms with Gasteiger partial charge in [-0.15, -0.1) is 8.78 Å². The minimum Gasteiger partial charge on any atom is -0.395 e. The van der Waals surface area contributed by atoms with E-state index in [1.807, 2.05) is 0 Å². The van der Waals surface area contributed by atoms with Crippen LogP contribution in [-0.4, -0.2) is 22.9 Å². The molecule has 23 heavy (non-hydrogen) atoms. The molecule has 0 saturated carbocycles. The number of carbonyl (C=O) groups is 1. The van der Waals surface area contributed by atoms with Gasteiger partial charge in [-0.1, -0.05) is 23.4 Å². The maximum absolute atomic E-state index is 12.9. The van der Waals surface area contributed by atoms with Gasteiger partial charge >= 0.3 is 6.29 Å². The maximum atomic E-state index is 12.9. The van der Waals surface area contributed by atoms with Gasteiger partial charge in [0.15, 0.2) is 11.5 Å². The number of fused-ring (bicyclic) bond motifs is 1. The topological polar surface area (TPSA) is 60.5 Å². The van der Waals surface area contributed by atoms with Crippen LogP contribution in [0.5, 0.6) is 11.5 Å². The molecule has 3 rings (SSSR count). The second kappa shape index (κ2) is 6.21. The number of alkyl halides is 2. The van der Waals surface area contributed by atoms with Crippen molar-refractivity contribution in [3.05, 3.63) is 41.6 Å². The molecule has 0 radical (unpaired) electrons. The van der Waals surface area contributed by atoms with Gasteiger partial charge in [0.05, 0.1) is 15.8 Å². The molecule has 0 bridgehead atoms. The van der Waals surface area contributed by atoms with Crippen LogP contribution >= 0.6 is 23.4 Å². The first-order valence-electron chi connectivity index (χ1n) is 6.35. The molecule has 1 amide bonds. The molecule has 0 aliphatic carbocycles. The van der Waals surface area contributed by atoms with E-state index in [1.54, 1.807) is 12.1 Å². The zero-order valence-electron chi connectivity index (χ0n) is 11.4. The van der Waals surface area contributed by atoms with Crippen LogP contribution in [0, 0.1) is 0 Å². The summed E-state index contributed by atoms with van der Waals surface area (Å²) in [7, 11) is 0. The molecule has 1 aliphatic heterocycles. The van der Waals surface area contributed by atoms with Crippen LogP contribution in [0.1, 0.15) is 0 Å². The molecule has 2 aromatic rings. The standard InChI is InChI=1S/C14H9ClF2N2O3S/c15-8-1-4-13(18-6-8)23-7-12(20)19-9-2-3-10-11(5-9)22-14(16,17)21-10/h1-6H,7H2,(H,19,20). The van der Waals surface area contributed by atoms with E-state index >= 15 is 0 Å². The van der Waals surface area contributed by atoms with Gasteiger partial charge in [-0.3, -0.25) is 4.79 Å². The highest BCUT2D eigenvalue weighted by Gasteiger charge is 2.43. The number of thioether (sulfide) groups is 1. The van der Waals surface area contributed by atoms with E-state index in [1.165, 1.54) is 36.2 Å². The van der Waals surface area contributed by atoms with Crippen LogP contribution < -0.4 is 14.8 Å². The van der Waals surface area contributed by atoms with Crippen LogP contribution in [0.15, 0.2) is 41.6 Å². The number of ether oxygens (including phenoxy) is 2. The van der Waals surface area contributed by atoms with Crippen LogP contribution in [0.3, 0.4) is 0 Å². The number of nitrogens with zero attached hydrogens (tertiary/aromatic N) is 1. The van der Waals surface area contributed by atoms with Gasteiger partial charge in [-0.25, -0.2) is 4.98 Å². The molecule has 0 saturated heterocycles. The fourth-order valence-corrected chi connectivity index (χ4v) is 2.57. The molecule has 0 unspecified atom stereocenters. The van der Waals surface area contributed by atoms with E-state index in [0.717, 1.165) is 0 Å². The molecule has 0 spiro atoms. The van der Waals surface area contributed by atoms with Crippen molar-refractivity contribution in [1.29, 1.82) is 0 Å². The van der Waals surface area contributed by atoms with Crippen molar-refractivity contribution < 1.29 is 23.0 Å². The van der Waals surface area contributed by atoms with Crippen molar-refractivity contribution in [2.45, 2.75) is 11.3 Å². The summed E-state index contributed by atoms with van der Waals surface area (Å²) in [6, 6.07) is 7.40. The zero-order valence-corrected chi connectivity index (χ0v) is 13.0. The lowest BCUT2D eigenvalue weighted by Crippen LogP contribution is -2.25. The quantitative estimate of drug-likeness (QED) is 0.843. The monoisotopic (exact) mass is 358 g/mol. The summed E-state index contributed by atoms with van der Waals surface area (Å²) in [6.45, 7) is 0. The number of amides is 1. The number of nitrogens with one attached hydrogen (secondary N) is 1. The molecule has 0 fully saturated rings. The Balaban J connectivity index is 1.57. The molecule has 5 nitrogen and oxygen atoms in total. The Morgan fingerprint density at radius 2 is 2.04 bits per heavy atom. The average Bonchev–Trinajstić information content (AvgIpc) is 2.80. The number of benzene rings is 1. The molecular formula is C14H9ClF2N2O3S. The van der Waals surface area contributed by atoms with E-state index in [-0.39, 0.29) is 23.2 Å². The minimum atomic E-state index is -3.68. The number of pyridine rings is 1. The lowest BCUT2D eigenvalue weighted by atomic mass is 10.3. The Hall–Kier alpha value is -2.06. The molecule has 0 atom stereocenters. The lowest BCUT2D eigenvalue weighted by molar-refractivity contribution is -0.286. The fraction of sp³-hybridized carbons (Fsp3) is 0.143. The van der Waals surface area contributed by atoms with Crippen LogP contribution in [-0.2, 0) is 4.79 Å². The molecular weight excluding hydrogens is 350 g/mol. The minimum absolute atomic E-state index is 0.0762. The van der Waals surface area contributed by atoms with Gasteiger partial charge in [-0.05, 0) is 24.3 Å². The Kier molecular flexibility index (Phi) is 4.27. The maximum Gasteiger partial charge on any atom is 0.586 e. The van der Waals surface area contributed by atoms with E-state index < -0.39 is 6.29 Å². The predicted molar refractivity (Wildman–Crippen MR) is 81.2 cm³/mol. The third kappa shape index (κ3) is 4.02. The van der Waals surface area contributed by atoms with Crippen LogP contribution in [0.25, 0.3) is 0 Å². The predicted octanol–water partition coefficient (Wildman–Crippen LogP) is 3.79. The van der Waals surface area contributed by atoms with Gasteiger partial charge in [0.1, 0.15) is 0 Å². The number of hydrogen-bond donors (Lipinski definition) is 1. The summed E-state index contributed by atoms with van der Waals surface area (Å²) in [5.74, 6) is -0.399. The second-order valence-electron chi connectivity index (χ2n) is 4.48. The van der Waals surface area contributed by atoms with Crippen molar-refractivity contribution >= 4 is 35.0 Å². The lowest BCUT2D eigenvalue weighted by Gasteiger charge is -2.06. The summed E-state index contributed by atoms with van der Waals surface area (Å²) in [5.41, 5.74) is 0.333. The number of halogens is 3. The average molecular weight is 359 g/mol. The van der Waals surface area contributed by atoms with Gasteiger partial charge in [0.2, 0.25) is 5.91 Å². The van der Waals surface area contributed by atoms with Crippen molar-refractivity contribution in [3.63, 3.8) is 0 Å². The van der Waals surface area contributed by atoms with Crippen molar-refractivity contribution in [2.24, 2.45) is 0 Å². The second-order valence-corrected chi connectivity index (χ2v) is 5.91. The summed E-state index contributed by atoms with van der Waals surface area (Å²) in [6.07, 6.45) is -2.19. The zero-order chi connectivity index (χ0) is 16.4. The Bertz CT molecular complexity index is 743. The third-order valence-electron chi connectivity index (χ3n) is 2.74. The molecule has 120 valence electrons. The van der Waals surface area contributed by atoms with Gasteiger partial charge in [0.25, 0.3) is 0 Å². The molecule has 2 heterocycles. The SMILES string of the molecule is O=C(CSc1ccc(Cl)cn1)Nc1ccc2c(c1)OC(F)(F)O2. The highest BCUT2D eigenvalue weighted by molar-refractivity contribution is 7.99. The summed E-state index contributed by atoms with van der Waals surface area (Å²) in [5, 5.41) is 3.74. The van der Waals surface area contributed by atoms with Crippen molar-refractivity contribution in [2.75, 3.05) is 11.1 Å². The molecule has 1 aromatic carbocycles. The summed E-state index contributed by atoms with van der Waals surface area (Å²) < 4.78 is 34.4. The summed E-state index contributed by atoms with van der Waals surface area (Å²) in [4.78, 5) is 15.9. The first kappa shape index (κ1) is 15.8. The van der Waals surface area contributed by atoms with Crippen molar-refractivity contribution in [3.8, 4) is 11.5 Å². The van der Waals surface area contributed by atoms with Gasteiger partial charge in [0, 0.05) is 18.0 Å². The fourth-order valence-electron chi connectivity index (χ4n) is 1.81. The van der Waals surface area contributed by atoms with Gasteiger partial charge < -0.3 is 14.8 Å². The smallest absolute Gasteiger partial charge is 0.395 e. The van der Waals surface area contributed by atoms with E-state index in [0.29, 0.717) is 15.7 Å². The Labute approximate surface area is 138 Å². The largest absolute Gasteiger partial charge is 0.586 e. The molecule has 1 N–H and O–H groups in total. The summed E-state index contributed by atoms with van der Waals surface area (Å²) >= 11 is 6.95. The van der Waals surface area contributed by atoms with E-state index in [2.05, 4.69) is 19.8 Å². The molecule has 1 aliphatic rings. The van der Waals surface area contributed by atoms with Crippen LogP contribution in [0.2, 0.25) is 5.02 Å². The number of carbonyl (C=O) groups excluding carboxylic acids is 1. The first-order valence-corrected chi connectivity index (χ1v) is 7.72. The highest BCUT2D eigenvalue weighted by atomic mass is 35.5. The normalized spacial score (nSPS) is 14.6. The number of anilines is 1. The third-order valence-corrected chi connectivity index (χ3v) is 3.90. The van der Waals surface area contributed by atoms with E-state index in [4.69, 9.17) is 11.6 Å². The van der Waals surface area contributed by atoms with Crippen molar-refractivity contribution in [1.82, 2.24) is 4.98 Å². The Morgan fingerprint density at radius 1 is 1.26 bits per heavy atom. The molecule has 9 heteroatoms. The number of hydrogen-bond acceptors (Lipinski definition) is 5. The van der Waals surface area contributed by atoms with Gasteiger partial charge in [-0.2, -0.15) is 0 Å². The highest BCUT2D eigenvalue weighted by Crippen LogP contribution is 2.42. The first-order chi connectivity index (χ1) is 10.9. The number of aromatic nitrogens is 1. The Morgan fingerprint density at radius 3 is 2.78 bits per heavy atom. The molecule has 1 aromatic heterocycles. The number of rotatable bonds is 4. The van der Waals surface area contributed by atoms with Crippen LogP contribution in [0.4, 0.5) is 14.5 Å².